The highest BCUT2D eigenvalue weighted by Crippen LogP contribution is 2.50. The minimum absolute atomic E-state index is 0.00341. The second-order valence-electron chi connectivity index (χ2n) is 8.21. The average Bonchev–Trinajstić information content (AvgIpc) is 3.23. The van der Waals surface area contributed by atoms with Crippen LogP contribution < -0.4 is 5.32 Å². The molecule has 5 rings (SSSR count). The number of benzene rings is 1. The number of imidazole rings is 1. The molecule has 28 heavy (non-hydrogen) atoms. The fraction of sp³-hybridized carbons (Fsp3) is 0.409. The molecule has 1 aromatic carbocycles. The SMILES string of the molecule is O=C(N[C@@H]1CC(Cn2ccnc2)C[C@H]1O)C1(c2nccc3ccccc23)CC1. The van der Waals surface area contributed by atoms with Crippen LogP contribution >= 0.6 is 0 Å². The minimum atomic E-state index is -0.553. The van der Waals surface area contributed by atoms with Gasteiger partial charge in [0.25, 0.3) is 0 Å². The average molecular weight is 376 g/mol. The van der Waals surface area contributed by atoms with Crippen LogP contribution in [0.4, 0.5) is 0 Å². The number of aliphatic hydroxyl groups is 1. The Balaban J connectivity index is 1.32. The number of rotatable bonds is 5. The Bertz CT molecular complexity index is 991. The maximum absolute atomic E-state index is 13.2. The van der Waals surface area contributed by atoms with Gasteiger partial charge in [0.2, 0.25) is 5.91 Å². The van der Waals surface area contributed by atoms with E-state index < -0.39 is 11.5 Å². The van der Waals surface area contributed by atoms with E-state index >= 15 is 0 Å². The predicted molar refractivity (Wildman–Crippen MR) is 106 cm³/mol. The predicted octanol–water partition coefficient (Wildman–Crippen LogP) is 2.42. The zero-order valence-corrected chi connectivity index (χ0v) is 15.7. The molecule has 2 aliphatic carbocycles. The van der Waals surface area contributed by atoms with Crippen molar-refractivity contribution in [2.24, 2.45) is 5.92 Å². The summed E-state index contributed by atoms with van der Waals surface area (Å²) in [5.74, 6) is 0.337. The van der Waals surface area contributed by atoms with Crippen LogP contribution in [0.5, 0.6) is 0 Å². The first-order valence-corrected chi connectivity index (χ1v) is 9.95. The molecule has 3 atom stereocenters. The third-order valence-electron chi connectivity index (χ3n) is 6.28. The van der Waals surface area contributed by atoms with Gasteiger partial charge in [0.05, 0.1) is 29.6 Å². The standard InChI is InChI=1S/C22H24N4O2/c27-19-12-15(13-26-10-9-23-14-26)11-18(19)25-21(28)22(6-7-22)20-17-4-2-1-3-16(17)5-8-24-20/h1-5,8-10,14-15,18-19,27H,6-7,11-13H2,(H,25,28)/t15?,18-,19-/m1/s1. The molecule has 6 nitrogen and oxygen atoms in total. The van der Waals surface area contributed by atoms with Crippen LogP contribution in [0.25, 0.3) is 10.8 Å². The number of pyridine rings is 1. The highest BCUT2D eigenvalue weighted by Gasteiger charge is 2.54. The molecule has 3 aromatic rings. The van der Waals surface area contributed by atoms with Crippen LogP contribution in [0.3, 0.4) is 0 Å². The number of nitrogens with one attached hydrogen (secondary N) is 1. The normalized spacial score (nSPS) is 25.7. The lowest BCUT2D eigenvalue weighted by Crippen LogP contribution is -2.45. The lowest BCUT2D eigenvalue weighted by atomic mass is 9.95. The molecule has 1 unspecified atom stereocenters. The van der Waals surface area contributed by atoms with E-state index in [0.29, 0.717) is 12.3 Å². The summed E-state index contributed by atoms with van der Waals surface area (Å²) >= 11 is 0. The van der Waals surface area contributed by atoms with Crippen LogP contribution in [0.1, 0.15) is 31.4 Å². The number of hydrogen-bond donors (Lipinski definition) is 2. The highest BCUT2D eigenvalue weighted by atomic mass is 16.3. The molecular formula is C22H24N4O2. The van der Waals surface area contributed by atoms with E-state index in [1.807, 2.05) is 35.0 Å². The number of amides is 1. The number of carbonyl (C=O) groups is 1. The van der Waals surface area contributed by atoms with Gasteiger partial charge in [-0.1, -0.05) is 24.3 Å². The Morgan fingerprint density at radius 3 is 2.86 bits per heavy atom. The smallest absolute Gasteiger partial charge is 0.232 e. The van der Waals surface area contributed by atoms with Gasteiger partial charge in [-0.2, -0.15) is 0 Å². The third kappa shape index (κ3) is 2.98. The van der Waals surface area contributed by atoms with Crippen molar-refractivity contribution in [2.45, 2.75) is 49.8 Å². The molecule has 0 bridgehead atoms. The fourth-order valence-corrected chi connectivity index (χ4v) is 4.62. The van der Waals surface area contributed by atoms with Crippen molar-refractivity contribution in [1.82, 2.24) is 19.9 Å². The van der Waals surface area contributed by atoms with E-state index in [9.17, 15) is 9.90 Å². The maximum atomic E-state index is 13.2. The van der Waals surface area contributed by atoms with E-state index in [2.05, 4.69) is 21.4 Å². The monoisotopic (exact) mass is 376 g/mol. The molecule has 1 amide bonds. The molecule has 2 heterocycles. The van der Waals surface area contributed by atoms with Crippen molar-refractivity contribution in [3.63, 3.8) is 0 Å². The Hall–Kier alpha value is -2.73. The number of carbonyl (C=O) groups excluding carboxylic acids is 1. The molecule has 0 aliphatic heterocycles. The molecule has 2 aliphatic rings. The van der Waals surface area contributed by atoms with Crippen molar-refractivity contribution < 1.29 is 9.90 Å². The molecule has 2 saturated carbocycles. The van der Waals surface area contributed by atoms with E-state index in [4.69, 9.17) is 0 Å². The highest BCUT2D eigenvalue weighted by molar-refractivity contribution is 5.97. The summed E-state index contributed by atoms with van der Waals surface area (Å²) in [5.41, 5.74) is 0.314. The number of nitrogens with zero attached hydrogens (tertiary/aromatic N) is 3. The molecule has 144 valence electrons. The molecule has 0 spiro atoms. The van der Waals surface area contributed by atoms with Gasteiger partial charge in [0, 0.05) is 30.5 Å². The first-order valence-electron chi connectivity index (χ1n) is 9.95. The van der Waals surface area contributed by atoms with Gasteiger partial charge in [-0.05, 0) is 43.1 Å². The minimum Gasteiger partial charge on any atom is -0.391 e. The molecule has 2 N–H and O–H groups in total. The number of aromatic nitrogens is 3. The first kappa shape index (κ1) is 17.4. The summed E-state index contributed by atoms with van der Waals surface area (Å²) in [6.07, 6.45) is 9.87. The van der Waals surface area contributed by atoms with Crippen LogP contribution in [-0.2, 0) is 16.8 Å². The van der Waals surface area contributed by atoms with Crippen LogP contribution in [0.2, 0.25) is 0 Å². The van der Waals surface area contributed by atoms with Gasteiger partial charge in [0.15, 0.2) is 0 Å². The maximum Gasteiger partial charge on any atom is 0.232 e. The Labute approximate surface area is 163 Å². The number of hydrogen-bond acceptors (Lipinski definition) is 4. The van der Waals surface area contributed by atoms with Gasteiger partial charge in [0.1, 0.15) is 0 Å². The second kappa shape index (κ2) is 6.71. The van der Waals surface area contributed by atoms with E-state index in [1.165, 1.54) is 0 Å². The topological polar surface area (TPSA) is 80.0 Å². The van der Waals surface area contributed by atoms with Crippen LogP contribution in [0, 0.1) is 5.92 Å². The molecular weight excluding hydrogens is 352 g/mol. The van der Waals surface area contributed by atoms with Crippen molar-refractivity contribution in [2.75, 3.05) is 0 Å². The molecule has 6 heteroatoms. The van der Waals surface area contributed by atoms with Crippen LogP contribution in [-0.4, -0.2) is 37.7 Å². The second-order valence-corrected chi connectivity index (χ2v) is 8.21. The molecule has 0 saturated heterocycles. The Morgan fingerprint density at radius 2 is 2.07 bits per heavy atom. The van der Waals surface area contributed by atoms with Gasteiger partial charge in [-0.15, -0.1) is 0 Å². The Kier molecular flexibility index (Phi) is 4.16. The summed E-state index contributed by atoms with van der Waals surface area (Å²) < 4.78 is 2.03. The molecule has 0 radical (unpaired) electrons. The van der Waals surface area contributed by atoms with Gasteiger partial charge < -0.3 is 15.0 Å². The van der Waals surface area contributed by atoms with E-state index in [1.54, 1.807) is 18.7 Å². The zero-order chi connectivity index (χ0) is 19.1. The van der Waals surface area contributed by atoms with E-state index in [0.717, 1.165) is 42.3 Å². The van der Waals surface area contributed by atoms with Gasteiger partial charge >= 0.3 is 0 Å². The summed E-state index contributed by atoms with van der Waals surface area (Å²) in [7, 11) is 0. The summed E-state index contributed by atoms with van der Waals surface area (Å²) in [5, 5.41) is 15.8. The number of aliphatic hydroxyl groups excluding tert-OH is 1. The van der Waals surface area contributed by atoms with E-state index in [-0.39, 0.29) is 11.9 Å². The third-order valence-corrected chi connectivity index (χ3v) is 6.28. The number of fused-ring (bicyclic) bond motifs is 1. The van der Waals surface area contributed by atoms with Crippen molar-refractivity contribution >= 4 is 16.7 Å². The van der Waals surface area contributed by atoms with Gasteiger partial charge in [-0.25, -0.2) is 4.98 Å². The lowest BCUT2D eigenvalue weighted by Gasteiger charge is -2.22. The first-order chi connectivity index (χ1) is 13.7. The van der Waals surface area contributed by atoms with Crippen molar-refractivity contribution in [3.05, 3.63) is 60.9 Å². The van der Waals surface area contributed by atoms with Crippen molar-refractivity contribution in [1.29, 1.82) is 0 Å². The van der Waals surface area contributed by atoms with Gasteiger partial charge in [-0.3, -0.25) is 9.78 Å². The summed E-state index contributed by atoms with van der Waals surface area (Å²) in [4.78, 5) is 21.9. The lowest BCUT2D eigenvalue weighted by molar-refractivity contribution is -0.125. The Morgan fingerprint density at radius 1 is 1.21 bits per heavy atom. The van der Waals surface area contributed by atoms with Crippen LogP contribution in [0.15, 0.2) is 55.2 Å². The largest absolute Gasteiger partial charge is 0.391 e. The quantitative estimate of drug-likeness (QED) is 0.717. The molecule has 2 fully saturated rings. The fourth-order valence-electron chi connectivity index (χ4n) is 4.62. The van der Waals surface area contributed by atoms with Crippen molar-refractivity contribution in [3.8, 4) is 0 Å². The summed E-state index contributed by atoms with van der Waals surface area (Å²) in [6.45, 7) is 0.819. The summed E-state index contributed by atoms with van der Waals surface area (Å²) in [6, 6.07) is 9.86. The zero-order valence-electron chi connectivity index (χ0n) is 15.7. The molecule has 2 aromatic heterocycles.